The minimum atomic E-state index is -0.409. The number of amidine groups is 1. The molecular formula is C17H20N3O3-. The lowest BCUT2D eigenvalue weighted by Crippen LogP contribution is -2.44. The van der Waals surface area contributed by atoms with Crippen LogP contribution >= 0.6 is 0 Å². The maximum atomic E-state index is 12.4. The van der Waals surface area contributed by atoms with E-state index < -0.39 is 6.04 Å². The predicted molar refractivity (Wildman–Crippen MR) is 86.5 cm³/mol. The number of benzene rings is 1. The van der Waals surface area contributed by atoms with Crippen LogP contribution in [0.4, 0.5) is 0 Å². The third-order valence-corrected chi connectivity index (χ3v) is 3.47. The molecule has 1 amide bonds. The van der Waals surface area contributed by atoms with Gasteiger partial charge in [-0.15, -0.1) is 5.75 Å². The van der Waals surface area contributed by atoms with Gasteiger partial charge in [-0.25, -0.2) is 4.99 Å². The summed E-state index contributed by atoms with van der Waals surface area (Å²) in [7, 11) is 0. The first-order valence-electron chi connectivity index (χ1n) is 7.50. The first kappa shape index (κ1) is 16.9. The second-order valence-corrected chi connectivity index (χ2v) is 5.89. The number of carbonyl (C=O) groups excluding carboxylic acids is 2. The van der Waals surface area contributed by atoms with Gasteiger partial charge in [0.2, 0.25) is 0 Å². The Morgan fingerprint density at radius 2 is 1.96 bits per heavy atom. The van der Waals surface area contributed by atoms with Crippen LogP contribution in [0.1, 0.15) is 25.8 Å². The second-order valence-electron chi connectivity index (χ2n) is 5.89. The molecule has 0 fully saturated rings. The van der Waals surface area contributed by atoms with E-state index in [2.05, 4.69) is 4.99 Å². The molecule has 0 bridgehead atoms. The van der Waals surface area contributed by atoms with Crippen molar-refractivity contribution in [2.45, 2.75) is 26.3 Å². The highest BCUT2D eigenvalue weighted by atomic mass is 16.3. The topological polar surface area (TPSA) is 98.8 Å². The fourth-order valence-electron chi connectivity index (χ4n) is 2.44. The van der Waals surface area contributed by atoms with Crippen LogP contribution in [-0.4, -0.2) is 35.5 Å². The molecular weight excluding hydrogens is 294 g/mol. The van der Waals surface area contributed by atoms with E-state index >= 15 is 0 Å². The molecule has 1 aliphatic rings. The normalized spacial score (nSPS) is 17.7. The Bertz CT molecular complexity index is 648. The summed E-state index contributed by atoms with van der Waals surface area (Å²) in [5.41, 5.74) is 7.05. The number of rotatable bonds is 6. The Labute approximate surface area is 135 Å². The van der Waals surface area contributed by atoms with Crippen LogP contribution in [0.2, 0.25) is 0 Å². The van der Waals surface area contributed by atoms with Gasteiger partial charge < -0.3 is 15.6 Å². The van der Waals surface area contributed by atoms with Gasteiger partial charge in [-0.1, -0.05) is 38.1 Å². The maximum Gasteiger partial charge on any atom is 0.278 e. The van der Waals surface area contributed by atoms with Crippen molar-refractivity contribution in [3.8, 4) is 5.75 Å². The number of amides is 1. The SMILES string of the molecule is CC(C)C[C@H](N)C1=N/C(=C/c2ccc([O-])cc2)C(=O)N1CC=O. The number of nitrogens with two attached hydrogens (primary N) is 1. The molecule has 0 aromatic heterocycles. The quantitative estimate of drug-likeness (QED) is 0.623. The summed E-state index contributed by atoms with van der Waals surface area (Å²) >= 11 is 0. The van der Waals surface area contributed by atoms with E-state index in [1.807, 2.05) is 13.8 Å². The molecule has 0 unspecified atom stereocenters. The molecule has 2 N–H and O–H groups in total. The number of hydrogen-bond acceptors (Lipinski definition) is 5. The Balaban J connectivity index is 2.32. The van der Waals surface area contributed by atoms with Gasteiger partial charge >= 0.3 is 0 Å². The van der Waals surface area contributed by atoms with Gasteiger partial charge in [0.15, 0.2) is 0 Å². The zero-order valence-corrected chi connectivity index (χ0v) is 13.2. The van der Waals surface area contributed by atoms with E-state index in [-0.39, 0.29) is 23.9 Å². The van der Waals surface area contributed by atoms with Crippen LogP contribution in [-0.2, 0) is 9.59 Å². The molecule has 0 radical (unpaired) electrons. The van der Waals surface area contributed by atoms with Crippen molar-refractivity contribution < 1.29 is 14.7 Å². The lowest BCUT2D eigenvalue weighted by Gasteiger charge is -2.21. The molecule has 6 nitrogen and oxygen atoms in total. The second kappa shape index (κ2) is 7.19. The highest BCUT2D eigenvalue weighted by molar-refractivity contribution is 6.16. The summed E-state index contributed by atoms with van der Waals surface area (Å²) in [5, 5.41) is 11.1. The van der Waals surface area contributed by atoms with E-state index in [1.54, 1.807) is 18.2 Å². The van der Waals surface area contributed by atoms with Crippen LogP contribution in [0.15, 0.2) is 35.0 Å². The molecule has 0 spiro atoms. The average Bonchev–Trinajstić information content (AvgIpc) is 2.79. The molecule has 23 heavy (non-hydrogen) atoms. The van der Waals surface area contributed by atoms with Crippen LogP contribution in [0.3, 0.4) is 0 Å². The highest BCUT2D eigenvalue weighted by Crippen LogP contribution is 2.21. The Kier molecular flexibility index (Phi) is 5.28. The minimum Gasteiger partial charge on any atom is -0.872 e. The van der Waals surface area contributed by atoms with E-state index in [0.29, 0.717) is 30.0 Å². The van der Waals surface area contributed by atoms with E-state index in [4.69, 9.17) is 5.73 Å². The molecule has 1 aliphatic heterocycles. The monoisotopic (exact) mass is 314 g/mol. The lowest BCUT2D eigenvalue weighted by atomic mass is 10.0. The third-order valence-electron chi connectivity index (χ3n) is 3.47. The fourth-order valence-corrected chi connectivity index (χ4v) is 2.44. The number of hydrogen-bond donors (Lipinski definition) is 1. The summed E-state index contributed by atoms with van der Waals surface area (Å²) in [6, 6.07) is 5.67. The van der Waals surface area contributed by atoms with Crippen molar-refractivity contribution in [3.63, 3.8) is 0 Å². The zero-order chi connectivity index (χ0) is 17.0. The maximum absolute atomic E-state index is 12.4. The van der Waals surface area contributed by atoms with Crippen molar-refractivity contribution in [2.24, 2.45) is 16.6 Å². The highest BCUT2D eigenvalue weighted by Gasteiger charge is 2.33. The molecule has 1 aromatic rings. The standard InChI is InChI=1S/C17H21N3O3/c1-11(2)9-14(18)16-19-15(17(23)20(16)7-8-21)10-12-3-5-13(22)6-4-12/h3-6,8,10-11,14,22H,7,9,18H2,1-2H3/p-1/b15-10+/t14-/m0/s1. The van der Waals surface area contributed by atoms with E-state index in [0.717, 1.165) is 0 Å². The number of carbonyl (C=O) groups is 2. The van der Waals surface area contributed by atoms with Gasteiger partial charge in [0.1, 0.15) is 17.8 Å². The van der Waals surface area contributed by atoms with E-state index in [9.17, 15) is 14.7 Å². The first-order valence-corrected chi connectivity index (χ1v) is 7.50. The van der Waals surface area contributed by atoms with Crippen molar-refractivity contribution in [2.75, 3.05) is 6.54 Å². The summed E-state index contributed by atoms with van der Waals surface area (Å²) in [5.74, 6) is 0.314. The Morgan fingerprint density at radius 1 is 1.30 bits per heavy atom. The number of nitrogens with zero attached hydrogens (tertiary/aromatic N) is 2. The summed E-state index contributed by atoms with van der Waals surface area (Å²) < 4.78 is 0. The summed E-state index contributed by atoms with van der Waals surface area (Å²) in [6.07, 6.45) is 2.92. The van der Waals surface area contributed by atoms with Gasteiger partial charge in [0.25, 0.3) is 5.91 Å². The van der Waals surface area contributed by atoms with Crippen LogP contribution in [0, 0.1) is 5.92 Å². The van der Waals surface area contributed by atoms with Gasteiger partial charge in [-0.05, 0) is 24.0 Å². The van der Waals surface area contributed by atoms with Gasteiger partial charge in [0, 0.05) is 0 Å². The predicted octanol–water partition coefficient (Wildman–Crippen LogP) is 0.914. The number of aliphatic imine (C=N–C) groups is 1. The number of aldehydes is 1. The van der Waals surface area contributed by atoms with Crippen LogP contribution in [0.5, 0.6) is 5.75 Å². The first-order chi connectivity index (χ1) is 10.9. The van der Waals surface area contributed by atoms with Crippen LogP contribution < -0.4 is 10.8 Å². The van der Waals surface area contributed by atoms with Crippen molar-refractivity contribution in [3.05, 3.63) is 35.5 Å². The third kappa shape index (κ3) is 4.04. The molecule has 2 rings (SSSR count). The van der Waals surface area contributed by atoms with Crippen molar-refractivity contribution >= 4 is 24.1 Å². The van der Waals surface area contributed by atoms with Crippen molar-refractivity contribution in [1.82, 2.24) is 4.90 Å². The van der Waals surface area contributed by atoms with Crippen LogP contribution in [0.25, 0.3) is 6.08 Å². The molecule has 0 aliphatic carbocycles. The summed E-state index contributed by atoms with van der Waals surface area (Å²) in [4.78, 5) is 28.9. The molecule has 1 atom stereocenters. The molecule has 0 saturated carbocycles. The van der Waals surface area contributed by atoms with Gasteiger partial charge in [0.05, 0.1) is 12.6 Å². The molecule has 0 saturated heterocycles. The average molecular weight is 314 g/mol. The molecule has 6 heteroatoms. The Morgan fingerprint density at radius 3 is 2.52 bits per heavy atom. The lowest BCUT2D eigenvalue weighted by molar-refractivity contribution is -0.268. The minimum absolute atomic E-state index is 0.0691. The van der Waals surface area contributed by atoms with E-state index in [1.165, 1.54) is 17.0 Å². The Hall–Kier alpha value is -2.47. The zero-order valence-electron chi connectivity index (χ0n) is 13.2. The van der Waals surface area contributed by atoms with Gasteiger partial charge in [-0.2, -0.15) is 0 Å². The molecule has 1 heterocycles. The fraction of sp³-hybridized carbons (Fsp3) is 0.353. The molecule has 122 valence electrons. The summed E-state index contributed by atoms with van der Waals surface area (Å²) in [6.45, 7) is 3.99. The molecule has 1 aromatic carbocycles. The van der Waals surface area contributed by atoms with Gasteiger partial charge in [-0.3, -0.25) is 9.69 Å². The smallest absolute Gasteiger partial charge is 0.278 e. The van der Waals surface area contributed by atoms with Crippen molar-refractivity contribution in [1.29, 1.82) is 0 Å². The largest absolute Gasteiger partial charge is 0.872 e.